The van der Waals surface area contributed by atoms with Crippen molar-refractivity contribution in [3.63, 3.8) is 0 Å². The van der Waals surface area contributed by atoms with Gasteiger partial charge in [0.05, 0.1) is 6.04 Å². The molecule has 2 aromatic rings. The molecule has 2 rings (SSSR count). The fraction of sp³-hybridized carbons (Fsp3) is 0.200. The molecule has 0 amide bonds. The molecule has 0 aliphatic carbocycles. The third-order valence-corrected chi connectivity index (χ3v) is 3.16. The van der Waals surface area contributed by atoms with Crippen molar-refractivity contribution in [2.75, 3.05) is 6.54 Å². The molecular formula is C15H13ClF3N. The molecule has 20 heavy (non-hydrogen) atoms. The predicted molar refractivity (Wildman–Crippen MR) is 73.3 cm³/mol. The van der Waals surface area contributed by atoms with Crippen molar-refractivity contribution in [2.24, 2.45) is 0 Å². The smallest absolute Gasteiger partial charge is 0.194 e. The van der Waals surface area contributed by atoms with Crippen LogP contribution in [0.15, 0.2) is 36.4 Å². The Labute approximate surface area is 120 Å². The van der Waals surface area contributed by atoms with Crippen molar-refractivity contribution in [1.82, 2.24) is 5.32 Å². The maximum Gasteiger partial charge on any atom is 0.194 e. The van der Waals surface area contributed by atoms with Crippen molar-refractivity contribution >= 4 is 11.6 Å². The highest BCUT2D eigenvalue weighted by atomic mass is 35.5. The van der Waals surface area contributed by atoms with Crippen LogP contribution >= 0.6 is 11.6 Å². The summed E-state index contributed by atoms with van der Waals surface area (Å²) in [7, 11) is 0. The van der Waals surface area contributed by atoms with E-state index in [-0.39, 0.29) is 0 Å². The number of hydrogen-bond donors (Lipinski definition) is 1. The lowest BCUT2D eigenvalue weighted by atomic mass is 9.98. The van der Waals surface area contributed by atoms with E-state index in [1.54, 1.807) is 24.3 Å². The fourth-order valence-electron chi connectivity index (χ4n) is 2.06. The van der Waals surface area contributed by atoms with Crippen LogP contribution < -0.4 is 5.32 Å². The molecule has 0 aliphatic heterocycles. The first kappa shape index (κ1) is 14.9. The minimum atomic E-state index is -1.46. The lowest BCUT2D eigenvalue weighted by Gasteiger charge is -2.19. The molecule has 0 heterocycles. The molecule has 2 aromatic carbocycles. The SMILES string of the molecule is CCNC(c1cccc(Cl)c1)c1cc(F)c(F)c(F)c1. The van der Waals surface area contributed by atoms with Crippen LogP contribution in [0.25, 0.3) is 0 Å². The van der Waals surface area contributed by atoms with E-state index in [4.69, 9.17) is 11.6 Å². The molecule has 0 spiro atoms. The van der Waals surface area contributed by atoms with Gasteiger partial charge in [0, 0.05) is 5.02 Å². The largest absolute Gasteiger partial charge is 0.307 e. The summed E-state index contributed by atoms with van der Waals surface area (Å²) < 4.78 is 39.8. The van der Waals surface area contributed by atoms with Crippen LogP contribution in [-0.2, 0) is 0 Å². The highest BCUT2D eigenvalue weighted by molar-refractivity contribution is 6.30. The zero-order valence-corrected chi connectivity index (χ0v) is 11.5. The highest BCUT2D eigenvalue weighted by Crippen LogP contribution is 2.26. The first-order valence-corrected chi connectivity index (χ1v) is 6.54. The zero-order chi connectivity index (χ0) is 14.7. The Morgan fingerprint density at radius 3 is 2.25 bits per heavy atom. The Morgan fingerprint density at radius 2 is 1.70 bits per heavy atom. The van der Waals surface area contributed by atoms with Gasteiger partial charge in [-0.25, -0.2) is 13.2 Å². The highest BCUT2D eigenvalue weighted by Gasteiger charge is 2.18. The number of hydrogen-bond acceptors (Lipinski definition) is 1. The Hall–Kier alpha value is -1.52. The van der Waals surface area contributed by atoms with Crippen molar-refractivity contribution in [3.8, 4) is 0 Å². The molecule has 0 aromatic heterocycles. The summed E-state index contributed by atoms with van der Waals surface area (Å²) in [4.78, 5) is 0. The Kier molecular flexibility index (Phi) is 4.68. The van der Waals surface area contributed by atoms with Gasteiger partial charge in [0.25, 0.3) is 0 Å². The van der Waals surface area contributed by atoms with Gasteiger partial charge in [-0.05, 0) is 41.9 Å². The summed E-state index contributed by atoms with van der Waals surface area (Å²) in [5.41, 5.74) is 1.07. The molecule has 106 valence electrons. The molecule has 0 aliphatic rings. The van der Waals surface area contributed by atoms with Crippen molar-refractivity contribution < 1.29 is 13.2 Å². The monoisotopic (exact) mass is 299 g/mol. The second-order valence-corrected chi connectivity index (χ2v) is 4.78. The van der Waals surface area contributed by atoms with Gasteiger partial charge in [0.2, 0.25) is 0 Å². The standard InChI is InChI=1S/C15H13ClF3N/c1-2-20-15(9-4-3-5-11(16)6-9)10-7-12(17)14(19)13(18)8-10/h3-8,15,20H,2H2,1H3. The number of nitrogens with one attached hydrogen (secondary N) is 1. The number of rotatable bonds is 4. The van der Waals surface area contributed by atoms with Gasteiger partial charge in [-0.15, -0.1) is 0 Å². The van der Waals surface area contributed by atoms with Gasteiger partial charge in [0.1, 0.15) is 0 Å². The topological polar surface area (TPSA) is 12.0 Å². The summed E-state index contributed by atoms with van der Waals surface area (Å²) in [6.45, 7) is 2.45. The van der Waals surface area contributed by atoms with Crippen LogP contribution in [0.2, 0.25) is 5.02 Å². The van der Waals surface area contributed by atoms with Gasteiger partial charge in [-0.3, -0.25) is 0 Å². The van der Waals surface area contributed by atoms with Crippen molar-refractivity contribution in [2.45, 2.75) is 13.0 Å². The molecule has 1 unspecified atom stereocenters. The average molecular weight is 300 g/mol. The van der Waals surface area contributed by atoms with E-state index in [1.165, 1.54) is 0 Å². The third-order valence-electron chi connectivity index (χ3n) is 2.93. The van der Waals surface area contributed by atoms with E-state index >= 15 is 0 Å². The van der Waals surface area contributed by atoms with Gasteiger partial charge in [-0.2, -0.15) is 0 Å². The van der Waals surface area contributed by atoms with Crippen LogP contribution in [-0.4, -0.2) is 6.54 Å². The summed E-state index contributed by atoms with van der Waals surface area (Å²) >= 11 is 5.93. The lowest BCUT2D eigenvalue weighted by molar-refractivity contribution is 0.442. The van der Waals surface area contributed by atoms with Crippen LogP contribution in [0.1, 0.15) is 24.1 Å². The minimum absolute atomic E-state index is 0.311. The van der Waals surface area contributed by atoms with Crippen LogP contribution in [0.5, 0.6) is 0 Å². The molecule has 0 fully saturated rings. The molecular weight excluding hydrogens is 287 g/mol. The quantitative estimate of drug-likeness (QED) is 0.822. The number of halogens is 4. The molecule has 0 radical (unpaired) electrons. The van der Waals surface area contributed by atoms with Gasteiger partial charge in [-0.1, -0.05) is 30.7 Å². The van der Waals surface area contributed by atoms with E-state index in [1.807, 2.05) is 6.92 Å². The molecule has 1 atom stereocenters. The Balaban J connectivity index is 2.48. The number of benzene rings is 2. The van der Waals surface area contributed by atoms with E-state index in [9.17, 15) is 13.2 Å². The van der Waals surface area contributed by atoms with Crippen molar-refractivity contribution in [3.05, 3.63) is 70.0 Å². The molecule has 0 saturated heterocycles. The molecule has 1 N–H and O–H groups in total. The van der Waals surface area contributed by atoms with E-state index in [0.29, 0.717) is 17.1 Å². The second kappa shape index (κ2) is 6.29. The summed E-state index contributed by atoms with van der Waals surface area (Å²) in [5.74, 6) is -3.87. The molecule has 5 heteroatoms. The van der Waals surface area contributed by atoms with Crippen LogP contribution in [0.3, 0.4) is 0 Å². The van der Waals surface area contributed by atoms with E-state index < -0.39 is 23.5 Å². The maximum absolute atomic E-state index is 13.4. The third kappa shape index (κ3) is 3.14. The second-order valence-electron chi connectivity index (χ2n) is 4.34. The fourth-order valence-corrected chi connectivity index (χ4v) is 2.26. The Morgan fingerprint density at radius 1 is 1.05 bits per heavy atom. The summed E-state index contributed by atoms with van der Waals surface area (Å²) in [6, 6.07) is 8.48. The van der Waals surface area contributed by atoms with Gasteiger partial charge < -0.3 is 5.32 Å². The molecule has 0 bridgehead atoms. The maximum atomic E-state index is 13.4. The van der Waals surface area contributed by atoms with Gasteiger partial charge >= 0.3 is 0 Å². The van der Waals surface area contributed by atoms with Gasteiger partial charge in [0.15, 0.2) is 17.5 Å². The van der Waals surface area contributed by atoms with E-state index in [2.05, 4.69) is 5.32 Å². The van der Waals surface area contributed by atoms with Crippen LogP contribution in [0, 0.1) is 17.5 Å². The lowest BCUT2D eigenvalue weighted by Crippen LogP contribution is -2.22. The molecule has 0 saturated carbocycles. The first-order valence-electron chi connectivity index (χ1n) is 6.16. The normalized spacial score (nSPS) is 12.4. The zero-order valence-electron chi connectivity index (χ0n) is 10.8. The van der Waals surface area contributed by atoms with E-state index in [0.717, 1.165) is 17.7 Å². The van der Waals surface area contributed by atoms with Crippen molar-refractivity contribution in [1.29, 1.82) is 0 Å². The molecule has 1 nitrogen and oxygen atoms in total. The predicted octanol–water partition coefficient (Wildman–Crippen LogP) is 4.46. The average Bonchev–Trinajstić information content (AvgIpc) is 2.41. The first-order chi connectivity index (χ1) is 9.52. The Bertz CT molecular complexity index is 593. The van der Waals surface area contributed by atoms with Crippen LogP contribution in [0.4, 0.5) is 13.2 Å². The minimum Gasteiger partial charge on any atom is -0.307 e. The summed E-state index contributed by atoms with van der Waals surface area (Å²) in [6.07, 6.45) is 0. The summed E-state index contributed by atoms with van der Waals surface area (Å²) in [5, 5.41) is 3.62.